The molecule has 0 aliphatic carbocycles. The number of aliphatic hydroxyl groups is 2. The van der Waals surface area contributed by atoms with Gasteiger partial charge in [-0.1, -0.05) is 0 Å². The van der Waals surface area contributed by atoms with E-state index >= 15 is 0 Å². The fraction of sp³-hybridized carbons (Fsp3) is 0.455. The molecule has 0 saturated carbocycles. The van der Waals surface area contributed by atoms with Crippen molar-refractivity contribution in [2.75, 3.05) is 7.11 Å². The first-order valence-electron chi connectivity index (χ1n) is 5.97. The number of nitrogens with one attached hydrogen (secondary N) is 2. The monoisotopic (exact) mass is 298 g/mol. The van der Waals surface area contributed by atoms with Crippen LogP contribution >= 0.6 is 0 Å². The Bertz CT molecular complexity index is 788. The molecule has 0 aromatic carbocycles. The SMILES string of the molecule is COC(=O)CC(O)C(O)c1nc2c([nH]1)c(=O)[nH]c(=O)n2C. The number of aromatic nitrogens is 4. The van der Waals surface area contributed by atoms with Crippen molar-refractivity contribution in [2.45, 2.75) is 18.6 Å². The number of carbonyl (C=O) groups excluding carboxylic acids is 1. The summed E-state index contributed by atoms with van der Waals surface area (Å²) in [6, 6.07) is 0. The van der Waals surface area contributed by atoms with Crippen molar-refractivity contribution < 1.29 is 19.7 Å². The standard InChI is InChI=1S/C11H14N4O6/c1-15-9-6(10(19)14-11(15)20)12-8(13-9)7(18)4(16)3-5(17)21-2/h4,7,16,18H,3H2,1-2H3,(H,12,13)(H,14,19,20). The van der Waals surface area contributed by atoms with E-state index in [9.17, 15) is 24.6 Å². The lowest BCUT2D eigenvalue weighted by Gasteiger charge is -2.14. The number of nitrogens with zero attached hydrogens (tertiary/aromatic N) is 2. The van der Waals surface area contributed by atoms with Crippen molar-refractivity contribution in [3.8, 4) is 0 Å². The van der Waals surface area contributed by atoms with Crippen LogP contribution in [0.1, 0.15) is 18.3 Å². The van der Waals surface area contributed by atoms with Crippen molar-refractivity contribution in [3.63, 3.8) is 0 Å². The van der Waals surface area contributed by atoms with Gasteiger partial charge in [0.2, 0.25) is 0 Å². The summed E-state index contributed by atoms with van der Waals surface area (Å²) < 4.78 is 5.46. The lowest BCUT2D eigenvalue weighted by atomic mass is 10.1. The third-order valence-electron chi connectivity index (χ3n) is 3.02. The molecule has 0 radical (unpaired) electrons. The molecule has 0 spiro atoms. The van der Waals surface area contributed by atoms with Gasteiger partial charge in [-0.2, -0.15) is 0 Å². The van der Waals surface area contributed by atoms with Crippen molar-refractivity contribution >= 4 is 17.1 Å². The van der Waals surface area contributed by atoms with Crippen LogP contribution in [-0.2, 0) is 16.6 Å². The average molecular weight is 298 g/mol. The summed E-state index contributed by atoms with van der Waals surface area (Å²) in [5, 5.41) is 19.7. The summed E-state index contributed by atoms with van der Waals surface area (Å²) >= 11 is 0. The normalized spacial score (nSPS) is 14.1. The van der Waals surface area contributed by atoms with E-state index in [1.807, 2.05) is 0 Å². The fourth-order valence-corrected chi connectivity index (χ4v) is 1.81. The molecule has 10 heteroatoms. The van der Waals surface area contributed by atoms with E-state index in [-0.39, 0.29) is 17.0 Å². The zero-order valence-corrected chi connectivity index (χ0v) is 11.3. The largest absolute Gasteiger partial charge is 0.469 e. The molecule has 0 aliphatic rings. The topological polar surface area (TPSA) is 150 Å². The number of hydrogen-bond acceptors (Lipinski definition) is 7. The molecule has 2 unspecified atom stereocenters. The van der Waals surface area contributed by atoms with Gasteiger partial charge in [0.15, 0.2) is 5.65 Å². The van der Waals surface area contributed by atoms with Gasteiger partial charge in [-0.05, 0) is 0 Å². The van der Waals surface area contributed by atoms with E-state index in [1.165, 1.54) is 7.05 Å². The lowest BCUT2D eigenvalue weighted by molar-refractivity contribution is -0.144. The Labute approximate surface area is 117 Å². The van der Waals surface area contributed by atoms with Crippen LogP contribution < -0.4 is 11.2 Å². The summed E-state index contributed by atoms with van der Waals surface area (Å²) in [6.07, 6.45) is -3.44. The molecule has 10 nitrogen and oxygen atoms in total. The van der Waals surface area contributed by atoms with Gasteiger partial charge in [-0.15, -0.1) is 0 Å². The third kappa shape index (κ3) is 2.71. The van der Waals surface area contributed by atoms with Gasteiger partial charge in [0.05, 0.1) is 19.6 Å². The zero-order valence-electron chi connectivity index (χ0n) is 11.3. The second-order valence-corrected chi connectivity index (χ2v) is 4.43. The highest BCUT2D eigenvalue weighted by Gasteiger charge is 2.25. The minimum Gasteiger partial charge on any atom is -0.469 e. The smallest absolute Gasteiger partial charge is 0.329 e. The van der Waals surface area contributed by atoms with E-state index in [4.69, 9.17) is 0 Å². The van der Waals surface area contributed by atoms with Crippen molar-refractivity contribution in [3.05, 3.63) is 26.7 Å². The molecule has 4 N–H and O–H groups in total. The number of aliphatic hydroxyl groups excluding tert-OH is 2. The first-order valence-corrected chi connectivity index (χ1v) is 5.97. The van der Waals surface area contributed by atoms with E-state index in [1.54, 1.807) is 0 Å². The number of rotatable bonds is 4. The van der Waals surface area contributed by atoms with E-state index < -0.39 is 35.8 Å². The molecule has 2 heterocycles. The lowest BCUT2D eigenvalue weighted by Crippen LogP contribution is -2.28. The van der Waals surface area contributed by atoms with E-state index in [2.05, 4.69) is 19.7 Å². The minimum atomic E-state index is -1.54. The van der Waals surface area contributed by atoms with E-state index in [0.29, 0.717) is 0 Å². The van der Waals surface area contributed by atoms with Crippen LogP contribution in [-0.4, -0.2) is 48.9 Å². The number of hydrogen-bond donors (Lipinski definition) is 4. The highest BCUT2D eigenvalue weighted by atomic mass is 16.5. The maximum Gasteiger partial charge on any atom is 0.329 e. The molecule has 0 fully saturated rings. The van der Waals surface area contributed by atoms with Crippen LogP contribution in [0.25, 0.3) is 11.2 Å². The van der Waals surface area contributed by atoms with Crippen molar-refractivity contribution in [1.82, 2.24) is 19.5 Å². The van der Waals surface area contributed by atoms with Crippen molar-refractivity contribution in [1.29, 1.82) is 0 Å². The zero-order chi connectivity index (χ0) is 15.7. The molecular formula is C11H14N4O6. The van der Waals surface area contributed by atoms with Gasteiger partial charge < -0.3 is 19.9 Å². The Balaban J connectivity index is 2.41. The van der Waals surface area contributed by atoms with Crippen LogP contribution in [0.5, 0.6) is 0 Å². The van der Waals surface area contributed by atoms with Crippen LogP contribution in [0.15, 0.2) is 9.59 Å². The van der Waals surface area contributed by atoms with Crippen LogP contribution in [0.3, 0.4) is 0 Å². The Morgan fingerprint density at radius 3 is 2.67 bits per heavy atom. The molecule has 2 rings (SSSR count). The quantitative estimate of drug-likeness (QED) is 0.472. The number of H-pyrrole nitrogens is 2. The first-order chi connectivity index (χ1) is 9.85. The highest BCUT2D eigenvalue weighted by molar-refractivity contribution is 5.70. The molecular weight excluding hydrogens is 284 g/mol. The number of imidazole rings is 1. The Kier molecular flexibility index (Phi) is 3.91. The Morgan fingerprint density at radius 1 is 1.38 bits per heavy atom. The summed E-state index contributed by atoms with van der Waals surface area (Å²) in [7, 11) is 2.54. The van der Waals surface area contributed by atoms with Crippen LogP contribution in [0, 0.1) is 0 Å². The van der Waals surface area contributed by atoms with E-state index in [0.717, 1.165) is 11.7 Å². The first kappa shape index (κ1) is 14.9. The second-order valence-electron chi connectivity index (χ2n) is 4.43. The molecule has 0 amide bonds. The fourth-order valence-electron chi connectivity index (χ4n) is 1.81. The third-order valence-corrected chi connectivity index (χ3v) is 3.02. The Hall–Kier alpha value is -2.46. The summed E-state index contributed by atoms with van der Waals surface area (Å²) in [6.45, 7) is 0. The van der Waals surface area contributed by atoms with Crippen LogP contribution in [0.2, 0.25) is 0 Å². The minimum absolute atomic E-state index is 0.0172. The maximum absolute atomic E-state index is 11.6. The number of methoxy groups -OCH3 is 1. The Morgan fingerprint density at radius 2 is 2.05 bits per heavy atom. The van der Waals surface area contributed by atoms with Crippen molar-refractivity contribution in [2.24, 2.45) is 7.05 Å². The summed E-state index contributed by atoms with van der Waals surface area (Å²) in [4.78, 5) is 42.6. The number of aryl methyl sites for hydroxylation is 1. The van der Waals surface area contributed by atoms with Gasteiger partial charge >= 0.3 is 11.7 Å². The predicted molar refractivity (Wildman–Crippen MR) is 69.6 cm³/mol. The highest BCUT2D eigenvalue weighted by Crippen LogP contribution is 2.18. The van der Waals surface area contributed by atoms with Gasteiger partial charge in [-0.25, -0.2) is 9.78 Å². The number of esters is 1. The summed E-state index contributed by atoms with van der Waals surface area (Å²) in [5.41, 5.74) is -1.34. The average Bonchev–Trinajstić information content (AvgIpc) is 2.89. The molecule has 2 aromatic heterocycles. The number of fused-ring (bicyclic) bond motifs is 1. The molecule has 2 atom stereocenters. The number of ether oxygens (including phenoxy) is 1. The van der Waals surface area contributed by atoms with Gasteiger partial charge in [0.1, 0.15) is 17.4 Å². The molecule has 0 bridgehead atoms. The van der Waals surface area contributed by atoms with Gasteiger partial charge in [0, 0.05) is 7.05 Å². The molecule has 114 valence electrons. The molecule has 2 aromatic rings. The second kappa shape index (κ2) is 5.50. The van der Waals surface area contributed by atoms with Gasteiger partial charge in [0.25, 0.3) is 5.56 Å². The number of carbonyl (C=O) groups is 1. The maximum atomic E-state index is 11.6. The molecule has 21 heavy (non-hydrogen) atoms. The van der Waals surface area contributed by atoms with Gasteiger partial charge in [-0.3, -0.25) is 19.1 Å². The molecule has 0 aliphatic heterocycles. The number of aromatic amines is 2. The molecule has 0 saturated heterocycles. The van der Waals surface area contributed by atoms with Crippen LogP contribution in [0.4, 0.5) is 0 Å². The predicted octanol–water partition coefficient (Wildman–Crippen LogP) is -2.09. The summed E-state index contributed by atoms with van der Waals surface area (Å²) in [5.74, 6) is -0.837.